The van der Waals surface area contributed by atoms with Gasteiger partial charge in [0.05, 0.1) is 0 Å². The van der Waals surface area contributed by atoms with Gasteiger partial charge in [0, 0.05) is 62.9 Å². The van der Waals surface area contributed by atoms with E-state index < -0.39 is 0 Å². The molecule has 3 rings (SSSR count). The molecule has 0 aromatic heterocycles. The predicted molar refractivity (Wildman–Crippen MR) is 126 cm³/mol. The van der Waals surface area contributed by atoms with Gasteiger partial charge in [-0.3, -0.25) is 0 Å². The number of hydrogen-bond acceptors (Lipinski definition) is 6. The summed E-state index contributed by atoms with van der Waals surface area (Å²) in [5, 5.41) is 19.2. The molecule has 0 radical (unpaired) electrons. The molecule has 2 aliphatic carbocycles. The van der Waals surface area contributed by atoms with E-state index in [9.17, 15) is 0 Å². The summed E-state index contributed by atoms with van der Waals surface area (Å²) in [6, 6.07) is 3.05. The van der Waals surface area contributed by atoms with Crippen molar-refractivity contribution in [2.24, 2.45) is 5.73 Å². The fourth-order valence-corrected chi connectivity index (χ4v) is 5.22. The third-order valence-corrected chi connectivity index (χ3v) is 6.82. The van der Waals surface area contributed by atoms with Crippen molar-refractivity contribution in [3.8, 4) is 0 Å². The molecule has 1 unspecified atom stereocenters. The Balaban J connectivity index is 0.00000101. The van der Waals surface area contributed by atoms with E-state index in [4.69, 9.17) is 25.9 Å². The first-order chi connectivity index (χ1) is 14.8. The van der Waals surface area contributed by atoms with Gasteiger partial charge in [0.25, 0.3) is 0 Å². The minimum atomic E-state index is 0.00694. The van der Waals surface area contributed by atoms with Gasteiger partial charge in [-0.2, -0.15) is 0 Å². The molecule has 1 heterocycles. The van der Waals surface area contributed by atoms with Crippen LogP contribution in [-0.4, -0.2) is 69.5 Å². The Morgan fingerprint density at radius 3 is 1.50 bits per heavy atom. The van der Waals surface area contributed by atoms with Crippen LogP contribution in [0, 0.1) is 0 Å². The van der Waals surface area contributed by atoms with Crippen LogP contribution in [0.1, 0.15) is 64.2 Å². The first-order valence-electron chi connectivity index (χ1n) is 12.0. The van der Waals surface area contributed by atoms with Crippen LogP contribution in [0.2, 0.25) is 0 Å². The quantitative estimate of drug-likeness (QED) is 0.329. The Labute approximate surface area is 198 Å². The van der Waals surface area contributed by atoms with Gasteiger partial charge in [-0.15, -0.1) is 0 Å². The van der Waals surface area contributed by atoms with Gasteiger partial charge < -0.3 is 32.3 Å². The van der Waals surface area contributed by atoms with E-state index in [0.29, 0.717) is 30.2 Å². The monoisotopic (exact) mass is 505 g/mol. The first-order valence-corrected chi connectivity index (χ1v) is 15.3. The van der Waals surface area contributed by atoms with Crippen LogP contribution in [0.4, 0.5) is 0 Å². The van der Waals surface area contributed by atoms with Gasteiger partial charge in [-0.1, -0.05) is 25.7 Å². The fourth-order valence-electron chi connectivity index (χ4n) is 5.22. The van der Waals surface area contributed by atoms with Crippen LogP contribution >= 0.6 is 20.2 Å². The summed E-state index contributed by atoms with van der Waals surface area (Å²) < 4.78 is 0. The van der Waals surface area contributed by atoms with Crippen molar-refractivity contribution in [1.82, 2.24) is 26.6 Å². The SMILES string of the molecule is NCCC[C@H]1CN[C@@H]2CCCCC2NCCN[C@@H]2CCCC[C@H]2NCCN1.[Cl][Mn][Cl]. The molecule has 0 amide bonds. The molecule has 1 saturated heterocycles. The fraction of sp³-hybridized carbons (Fsp3) is 1.00. The van der Waals surface area contributed by atoms with Gasteiger partial charge in [-0.05, 0) is 45.1 Å². The average Bonchev–Trinajstić information content (AvgIpc) is 2.77. The van der Waals surface area contributed by atoms with Crippen LogP contribution in [0.5, 0.6) is 0 Å². The van der Waals surface area contributed by atoms with Crippen LogP contribution in [0.15, 0.2) is 0 Å². The molecule has 9 heteroatoms. The predicted octanol–water partition coefficient (Wildman–Crippen LogP) is 2.05. The van der Waals surface area contributed by atoms with E-state index in [1.54, 1.807) is 0 Å². The molecule has 2 saturated carbocycles. The molecule has 179 valence electrons. The second-order valence-electron chi connectivity index (χ2n) is 8.90. The number of rotatable bonds is 3. The molecule has 0 aromatic rings. The third-order valence-electron chi connectivity index (χ3n) is 6.82. The Morgan fingerprint density at radius 2 is 1.07 bits per heavy atom. The van der Waals surface area contributed by atoms with Gasteiger partial charge in [0.15, 0.2) is 0 Å². The van der Waals surface area contributed by atoms with Crippen LogP contribution < -0.4 is 32.3 Å². The van der Waals surface area contributed by atoms with Crippen molar-refractivity contribution in [1.29, 1.82) is 0 Å². The molecule has 0 spiro atoms. The Morgan fingerprint density at radius 1 is 0.667 bits per heavy atom. The van der Waals surface area contributed by atoms with E-state index in [2.05, 4.69) is 26.6 Å². The summed E-state index contributed by atoms with van der Waals surface area (Å²) in [6.07, 6.45) is 13.0. The summed E-state index contributed by atoms with van der Waals surface area (Å²) in [7, 11) is 9.59. The van der Waals surface area contributed by atoms with E-state index in [1.165, 1.54) is 57.8 Å². The van der Waals surface area contributed by atoms with Crippen molar-refractivity contribution < 1.29 is 13.1 Å². The van der Waals surface area contributed by atoms with Gasteiger partial charge in [-0.25, -0.2) is 0 Å². The third kappa shape index (κ3) is 10.7. The molecule has 1 aliphatic heterocycles. The summed E-state index contributed by atoms with van der Waals surface area (Å²) in [5.74, 6) is 0. The standard InChI is InChI=1S/C21H44N6.2ClH.Mn/c22-11-5-6-17-16-27-21-10-4-3-9-20(21)26-15-14-25-19-8-2-1-7-18(19)24-13-12-23-17;;;/h17-21,23-27H,1-16,22H2;2*1H;/q;;;+2/p-2/t17-,18+,19+,20?,21+;;;/m0.../s1. The Bertz CT molecular complexity index is 423. The van der Waals surface area contributed by atoms with Crippen molar-refractivity contribution in [2.75, 3.05) is 39.3 Å². The second-order valence-corrected chi connectivity index (χ2v) is 10.9. The van der Waals surface area contributed by atoms with Crippen LogP contribution in [-0.2, 0) is 13.1 Å². The molecular formula is C21H44Cl2MnN6. The summed E-state index contributed by atoms with van der Waals surface area (Å²) in [5.41, 5.74) is 5.77. The second kappa shape index (κ2) is 17.4. The summed E-state index contributed by atoms with van der Waals surface area (Å²) in [4.78, 5) is 0. The molecule has 7 N–H and O–H groups in total. The normalized spacial score (nSPS) is 34.3. The zero-order valence-electron chi connectivity index (χ0n) is 18.4. The maximum atomic E-state index is 5.77. The first kappa shape index (κ1) is 27.1. The summed E-state index contributed by atoms with van der Waals surface area (Å²) >= 11 is 0.00694. The van der Waals surface area contributed by atoms with Crippen LogP contribution in [0.3, 0.4) is 0 Å². The zero-order valence-corrected chi connectivity index (χ0v) is 21.1. The van der Waals surface area contributed by atoms with Crippen molar-refractivity contribution in [3.05, 3.63) is 0 Å². The molecule has 3 aliphatic rings. The molecule has 3 fully saturated rings. The number of hydrogen-bond donors (Lipinski definition) is 6. The topological polar surface area (TPSA) is 86.2 Å². The van der Waals surface area contributed by atoms with Crippen LogP contribution in [0.25, 0.3) is 0 Å². The molecule has 0 aromatic carbocycles. The molecule has 0 bridgehead atoms. The number of nitrogens with two attached hydrogens (primary N) is 1. The number of halogens is 2. The van der Waals surface area contributed by atoms with E-state index in [0.717, 1.165) is 45.7 Å². The molecular weight excluding hydrogens is 462 g/mol. The molecule has 30 heavy (non-hydrogen) atoms. The van der Waals surface area contributed by atoms with E-state index in [-0.39, 0.29) is 13.1 Å². The van der Waals surface area contributed by atoms with Gasteiger partial charge in [0.1, 0.15) is 0 Å². The molecule has 5 atom stereocenters. The van der Waals surface area contributed by atoms with Crippen molar-refractivity contribution in [3.63, 3.8) is 0 Å². The van der Waals surface area contributed by atoms with Gasteiger partial charge >= 0.3 is 33.3 Å². The maximum absolute atomic E-state index is 5.77. The zero-order chi connectivity index (χ0) is 21.4. The minimum absolute atomic E-state index is 0.00694. The van der Waals surface area contributed by atoms with Crippen molar-refractivity contribution >= 4 is 20.2 Å². The number of fused-ring (bicyclic) bond motifs is 2. The van der Waals surface area contributed by atoms with E-state index in [1.807, 2.05) is 0 Å². The summed E-state index contributed by atoms with van der Waals surface area (Å²) in [6.45, 7) is 6.13. The van der Waals surface area contributed by atoms with Gasteiger partial charge in [0.2, 0.25) is 0 Å². The Hall–Kier alpha value is 0.859. The van der Waals surface area contributed by atoms with E-state index >= 15 is 0 Å². The average molecular weight is 506 g/mol. The number of nitrogens with one attached hydrogen (secondary N) is 5. The Kier molecular flexibility index (Phi) is 15.7. The van der Waals surface area contributed by atoms with Crippen molar-refractivity contribution in [2.45, 2.75) is 94.4 Å². The molecule has 6 nitrogen and oxygen atoms in total.